The molecule has 4 heteroatoms. The smallest absolute Gasteiger partial charge is 0.161 e. The number of benzene rings is 1. The van der Waals surface area contributed by atoms with Gasteiger partial charge in [0.2, 0.25) is 0 Å². The number of rotatable bonds is 4. The lowest BCUT2D eigenvalue weighted by atomic mass is 10.1. The lowest BCUT2D eigenvalue weighted by molar-refractivity contribution is 0.202. The zero-order chi connectivity index (χ0) is 12.1. The van der Waals surface area contributed by atoms with E-state index in [1.54, 1.807) is 18.9 Å². The molecule has 1 heterocycles. The van der Waals surface area contributed by atoms with E-state index in [0.29, 0.717) is 5.25 Å². The second kappa shape index (κ2) is 6.07. The Hall–Kier alpha value is -1.000. The molecular formula is C13H18N2OS. The third-order valence-electron chi connectivity index (χ3n) is 2.64. The maximum Gasteiger partial charge on any atom is 0.161 e. The van der Waals surface area contributed by atoms with Gasteiger partial charge in [0.15, 0.2) is 5.17 Å². The summed E-state index contributed by atoms with van der Waals surface area (Å²) in [6.45, 7) is 3.85. The summed E-state index contributed by atoms with van der Waals surface area (Å²) in [6, 6.07) is 8.33. The minimum absolute atomic E-state index is 0.587. The van der Waals surface area contributed by atoms with Crippen LogP contribution in [0.4, 0.5) is 5.69 Å². The Kier molecular flexibility index (Phi) is 4.45. The van der Waals surface area contributed by atoms with Crippen molar-refractivity contribution in [3.8, 4) is 0 Å². The number of hydrogen-bond acceptors (Lipinski definition) is 4. The maximum atomic E-state index is 5.12. The molecule has 17 heavy (non-hydrogen) atoms. The summed E-state index contributed by atoms with van der Waals surface area (Å²) in [5.41, 5.74) is 2.42. The van der Waals surface area contributed by atoms with Gasteiger partial charge in [0.1, 0.15) is 0 Å². The lowest BCUT2D eigenvalue weighted by Gasteiger charge is -2.11. The molecule has 1 aliphatic rings. The molecule has 1 N–H and O–H groups in total. The van der Waals surface area contributed by atoms with Crippen LogP contribution >= 0.6 is 11.8 Å². The number of nitrogens with one attached hydrogen (secondary N) is 1. The predicted octanol–water partition coefficient (Wildman–Crippen LogP) is 2.78. The highest BCUT2D eigenvalue weighted by Crippen LogP contribution is 2.24. The first-order valence-electron chi connectivity index (χ1n) is 5.84. The standard InChI is InChI=1S/C13H18N2OS/c1-10-9-14-13(17-10)15-12-6-4-3-5-11(12)7-8-16-2/h3-6,10H,7-9H2,1-2H3,(H,14,15). The van der Waals surface area contributed by atoms with E-state index in [-0.39, 0.29) is 0 Å². The highest BCUT2D eigenvalue weighted by atomic mass is 32.2. The summed E-state index contributed by atoms with van der Waals surface area (Å²) in [7, 11) is 1.73. The second-order valence-electron chi connectivity index (χ2n) is 4.10. The SMILES string of the molecule is COCCc1ccccc1NC1=NCC(C)S1. The molecule has 1 unspecified atom stereocenters. The van der Waals surface area contributed by atoms with Crippen molar-refractivity contribution in [3.05, 3.63) is 29.8 Å². The fraction of sp³-hybridized carbons (Fsp3) is 0.462. The number of aliphatic imine (C=N–C) groups is 1. The van der Waals surface area contributed by atoms with Gasteiger partial charge < -0.3 is 10.1 Å². The Morgan fingerprint density at radius 2 is 2.29 bits per heavy atom. The molecule has 0 spiro atoms. The molecule has 0 saturated heterocycles. The molecule has 0 amide bonds. The molecule has 0 fully saturated rings. The number of hydrogen-bond donors (Lipinski definition) is 1. The molecule has 0 radical (unpaired) electrons. The second-order valence-corrected chi connectivity index (χ2v) is 5.53. The van der Waals surface area contributed by atoms with Crippen LogP contribution in [0.5, 0.6) is 0 Å². The van der Waals surface area contributed by atoms with Gasteiger partial charge in [0.05, 0.1) is 13.2 Å². The minimum Gasteiger partial charge on any atom is -0.384 e. The summed E-state index contributed by atoms with van der Waals surface area (Å²) in [5, 5.41) is 5.02. The molecular weight excluding hydrogens is 232 g/mol. The van der Waals surface area contributed by atoms with E-state index in [2.05, 4.69) is 35.4 Å². The molecule has 2 rings (SSSR count). The van der Waals surface area contributed by atoms with Crippen molar-refractivity contribution < 1.29 is 4.74 Å². The van der Waals surface area contributed by atoms with Gasteiger partial charge in [-0.1, -0.05) is 36.9 Å². The summed E-state index contributed by atoms with van der Waals surface area (Å²) in [6.07, 6.45) is 0.924. The van der Waals surface area contributed by atoms with Gasteiger partial charge in [0.25, 0.3) is 0 Å². The summed E-state index contributed by atoms with van der Waals surface area (Å²) < 4.78 is 5.12. The number of ether oxygens (including phenoxy) is 1. The number of amidine groups is 1. The van der Waals surface area contributed by atoms with E-state index in [9.17, 15) is 0 Å². The zero-order valence-corrected chi connectivity index (χ0v) is 11.1. The molecule has 0 bridgehead atoms. The Bertz CT molecular complexity index is 406. The molecule has 3 nitrogen and oxygen atoms in total. The van der Waals surface area contributed by atoms with Crippen molar-refractivity contribution in [2.45, 2.75) is 18.6 Å². The topological polar surface area (TPSA) is 33.6 Å². The molecule has 1 aromatic rings. The van der Waals surface area contributed by atoms with Crippen molar-refractivity contribution in [3.63, 3.8) is 0 Å². The largest absolute Gasteiger partial charge is 0.384 e. The number of anilines is 1. The number of para-hydroxylation sites is 1. The van der Waals surface area contributed by atoms with Crippen LogP contribution in [0.3, 0.4) is 0 Å². The van der Waals surface area contributed by atoms with Gasteiger partial charge in [-0.3, -0.25) is 4.99 Å². The molecule has 0 aromatic heterocycles. The van der Waals surface area contributed by atoms with E-state index in [1.165, 1.54) is 5.56 Å². The number of thioether (sulfide) groups is 1. The Morgan fingerprint density at radius 3 is 3.00 bits per heavy atom. The van der Waals surface area contributed by atoms with Gasteiger partial charge in [-0.15, -0.1) is 0 Å². The van der Waals surface area contributed by atoms with Gasteiger partial charge in [-0.05, 0) is 18.1 Å². The first kappa shape index (κ1) is 12.5. The van der Waals surface area contributed by atoms with Crippen LogP contribution in [0.25, 0.3) is 0 Å². The summed E-state index contributed by atoms with van der Waals surface area (Å²) in [4.78, 5) is 4.47. The summed E-state index contributed by atoms with van der Waals surface area (Å²) >= 11 is 1.80. The average molecular weight is 250 g/mol. The Balaban J connectivity index is 2.04. The first-order valence-corrected chi connectivity index (χ1v) is 6.72. The number of methoxy groups -OCH3 is 1. The lowest BCUT2D eigenvalue weighted by Crippen LogP contribution is -2.09. The summed E-state index contributed by atoms with van der Waals surface area (Å²) in [5.74, 6) is 0. The van der Waals surface area contributed by atoms with Crippen molar-refractivity contribution in [2.24, 2.45) is 4.99 Å². The fourth-order valence-corrected chi connectivity index (χ4v) is 2.58. The Morgan fingerprint density at radius 1 is 1.47 bits per heavy atom. The fourth-order valence-electron chi connectivity index (χ4n) is 1.73. The van der Waals surface area contributed by atoms with Gasteiger partial charge in [-0.25, -0.2) is 0 Å². The van der Waals surface area contributed by atoms with Crippen LogP contribution in [0.1, 0.15) is 12.5 Å². The van der Waals surface area contributed by atoms with Crippen LogP contribution in [0.2, 0.25) is 0 Å². The Labute approximate surface area is 107 Å². The predicted molar refractivity (Wildman–Crippen MR) is 75.0 cm³/mol. The third-order valence-corrected chi connectivity index (χ3v) is 3.65. The molecule has 92 valence electrons. The highest BCUT2D eigenvalue weighted by Gasteiger charge is 2.15. The quantitative estimate of drug-likeness (QED) is 0.892. The van der Waals surface area contributed by atoms with E-state index in [0.717, 1.165) is 30.4 Å². The molecule has 1 aliphatic heterocycles. The van der Waals surface area contributed by atoms with E-state index in [4.69, 9.17) is 4.74 Å². The van der Waals surface area contributed by atoms with Crippen molar-refractivity contribution in [1.29, 1.82) is 0 Å². The number of nitrogens with zero attached hydrogens (tertiary/aromatic N) is 1. The van der Waals surface area contributed by atoms with Crippen LogP contribution in [-0.2, 0) is 11.2 Å². The van der Waals surface area contributed by atoms with E-state index in [1.807, 2.05) is 6.07 Å². The van der Waals surface area contributed by atoms with Crippen molar-refractivity contribution in [2.75, 3.05) is 25.6 Å². The van der Waals surface area contributed by atoms with Crippen LogP contribution in [-0.4, -0.2) is 30.7 Å². The minimum atomic E-state index is 0.587. The highest BCUT2D eigenvalue weighted by molar-refractivity contribution is 8.15. The first-order chi connectivity index (χ1) is 8.29. The zero-order valence-electron chi connectivity index (χ0n) is 10.3. The van der Waals surface area contributed by atoms with Crippen LogP contribution in [0, 0.1) is 0 Å². The maximum absolute atomic E-state index is 5.12. The molecule has 1 atom stereocenters. The van der Waals surface area contributed by atoms with Gasteiger partial charge >= 0.3 is 0 Å². The molecule has 0 saturated carbocycles. The van der Waals surface area contributed by atoms with Gasteiger partial charge in [0, 0.05) is 18.0 Å². The van der Waals surface area contributed by atoms with E-state index < -0.39 is 0 Å². The van der Waals surface area contributed by atoms with Crippen molar-refractivity contribution >= 4 is 22.6 Å². The normalized spacial score (nSPS) is 19.2. The van der Waals surface area contributed by atoms with Crippen LogP contribution in [0.15, 0.2) is 29.3 Å². The molecule has 1 aromatic carbocycles. The van der Waals surface area contributed by atoms with Crippen molar-refractivity contribution in [1.82, 2.24) is 0 Å². The van der Waals surface area contributed by atoms with Crippen LogP contribution < -0.4 is 5.32 Å². The average Bonchev–Trinajstić information content (AvgIpc) is 2.74. The monoisotopic (exact) mass is 250 g/mol. The third kappa shape index (κ3) is 3.48. The van der Waals surface area contributed by atoms with E-state index >= 15 is 0 Å². The van der Waals surface area contributed by atoms with Gasteiger partial charge in [-0.2, -0.15) is 0 Å². The molecule has 0 aliphatic carbocycles.